The molecular weight excluding hydrogens is 234 g/mol. The van der Waals surface area contributed by atoms with Crippen LogP contribution in [0.15, 0.2) is 12.1 Å². The highest BCUT2D eigenvalue weighted by Crippen LogP contribution is 2.27. The molecule has 16 heavy (non-hydrogen) atoms. The molecule has 7 heteroatoms. The van der Waals surface area contributed by atoms with Gasteiger partial charge in [0.1, 0.15) is 23.1 Å². The fraction of sp³-hybridized carbons (Fsp3) is 0.222. The quantitative estimate of drug-likeness (QED) is 0.754. The zero-order chi connectivity index (χ0) is 11.7. The number of morpholine rings is 1. The van der Waals surface area contributed by atoms with Crippen LogP contribution in [0.1, 0.15) is 9.67 Å². The van der Waals surface area contributed by atoms with Crippen LogP contribution in [0.5, 0.6) is 0 Å². The standard InChI is InChI=1S/C9H7NO5S/c11-6-3-15-4-7(12)10(6)8-2-1-5(16-8)9(13)14/h1-2H,3-4H2,(H,13,14). The maximum atomic E-state index is 11.4. The van der Waals surface area contributed by atoms with Gasteiger partial charge in [-0.15, -0.1) is 11.3 Å². The Morgan fingerprint density at radius 3 is 2.44 bits per heavy atom. The third-order valence-corrected chi connectivity index (χ3v) is 3.03. The average molecular weight is 241 g/mol. The number of carbonyl (C=O) groups excluding carboxylic acids is 2. The molecule has 0 unspecified atom stereocenters. The van der Waals surface area contributed by atoms with Gasteiger partial charge in [-0.3, -0.25) is 9.59 Å². The summed E-state index contributed by atoms with van der Waals surface area (Å²) in [7, 11) is 0. The molecule has 0 saturated carbocycles. The lowest BCUT2D eigenvalue weighted by Crippen LogP contribution is -2.45. The molecule has 2 heterocycles. The van der Waals surface area contributed by atoms with E-state index in [2.05, 4.69) is 0 Å². The number of carbonyl (C=O) groups is 3. The molecule has 0 spiro atoms. The van der Waals surface area contributed by atoms with E-state index in [4.69, 9.17) is 9.84 Å². The Hall–Kier alpha value is -1.73. The van der Waals surface area contributed by atoms with Gasteiger partial charge in [0.05, 0.1) is 0 Å². The molecule has 0 aromatic carbocycles. The van der Waals surface area contributed by atoms with Crippen LogP contribution in [0.25, 0.3) is 0 Å². The number of nitrogens with zero attached hydrogens (tertiary/aromatic N) is 1. The Labute approximate surface area is 94.0 Å². The molecule has 2 amide bonds. The van der Waals surface area contributed by atoms with Gasteiger partial charge in [-0.05, 0) is 12.1 Å². The van der Waals surface area contributed by atoms with E-state index in [1.54, 1.807) is 0 Å². The van der Waals surface area contributed by atoms with E-state index in [0.717, 1.165) is 16.2 Å². The average Bonchev–Trinajstić information content (AvgIpc) is 2.66. The SMILES string of the molecule is O=C(O)c1ccc(N2C(=O)COCC2=O)s1. The first-order valence-electron chi connectivity index (χ1n) is 4.36. The largest absolute Gasteiger partial charge is 0.477 e. The van der Waals surface area contributed by atoms with E-state index >= 15 is 0 Å². The van der Waals surface area contributed by atoms with Gasteiger partial charge >= 0.3 is 5.97 Å². The predicted molar refractivity (Wildman–Crippen MR) is 54.6 cm³/mol. The Balaban J connectivity index is 2.31. The Morgan fingerprint density at radius 1 is 1.31 bits per heavy atom. The lowest BCUT2D eigenvalue weighted by atomic mass is 10.4. The van der Waals surface area contributed by atoms with Crippen molar-refractivity contribution in [2.75, 3.05) is 18.1 Å². The molecule has 1 fully saturated rings. The number of anilines is 1. The molecule has 0 bridgehead atoms. The molecule has 0 atom stereocenters. The van der Waals surface area contributed by atoms with Crippen molar-refractivity contribution in [2.45, 2.75) is 0 Å². The molecule has 1 aliphatic heterocycles. The molecule has 1 N–H and O–H groups in total. The van der Waals surface area contributed by atoms with Crippen LogP contribution in [-0.4, -0.2) is 36.1 Å². The fourth-order valence-electron chi connectivity index (χ4n) is 1.30. The van der Waals surface area contributed by atoms with E-state index < -0.39 is 17.8 Å². The maximum Gasteiger partial charge on any atom is 0.345 e. The summed E-state index contributed by atoms with van der Waals surface area (Å²) in [4.78, 5) is 34.5. The van der Waals surface area contributed by atoms with Gasteiger partial charge in [0.25, 0.3) is 11.8 Å². The summed E-state index contributed by atoms with van der Waals surface area (Å²) in [6.45, 7) is -0.321. The van der Waals surface area contributed by atoms with Crippen molar-refractivity contribution >= 4 is 34.1 Å². The summed E-state index contributed by atoms with van der Waals surface area (Å²) >= 11 is 0.884. The highest BCUT2D eigenvalue weighted by atomic mass is 32.1. The Morgan fingerprint density at radius 2 is 1.94 bits per heavy atom. The lowest BCUT2D eigenvalue weighted by molar-refractivity contribution is -0.138. The van der Waals surface area contributed by atoms with E-state index in [1.165, 1.54) is 12.1 Å². The van der Waals surface area contributed by atoms with Crippen LogP contribution in [0, 0.1) is 0 Å². The van der Waals surface area contributed by atoms with Crippen molar-refractivity contribution in [1.82, 2.24) is 0 Å². The third kappa shape index (κ3) is 1.82. The van der Waals surface area contributed by atoms with Crippen LogP contribution in [-0.2, 0) is 14.3 Å². The van der Waals surface area contributed by atoms with E-state index in [0.29, 0.717) is 5.00 Å². The van der Waals surface area contributed by atoms with Gasteiger partial charge in [0.2, 0.25) is 0 Å². The number of hydrogen-bond acceptors (Lipinski definition) is 5. The summed E-state index contributed by atoms with van der Waals surface area (Å²) < 4.78 is 4.75. The predicted octanol–water partition coefficient (Wildman–Crippen LogP) is 0.336. The van der Waals surface area contributed by atoms with Gasteiger partial charge in [0, 0.05) is 0 Å². The minimum absolute atomic E-state index is 0.0853. The summed E-state index contributed by atoms with van der Waals surface area (Å²) in [5.41, 5.74) is 0. The first kappa shape index (κ1) is 10.8. The fourth-order valence-corrected chi connectivity index (χ4v) is 2.18. The molecular formula is C9H7NO5S. The molecule has 6 nitrogen and oxygen atoms in total. The molecule has 1 aromatic heterocycles. The molecule has 84 valence electrons. The lowest BCUT2D eigenvalue weighted by Gasteiger charge is -2.23. The van der Waals surface area contributed by atoms with Crippen LogP contribution < -0.4 is 4.90 Å². The number of carboxylic acids is 1. The highest BCUT2D eigenvalue weighted by Gasteiger charge is 2.29. The Bertz CT molecular complexity index is 450. The normalized spacial score (nSPS) is 16.6. The summed E-state index contributed by atoms with van der Waals surface area (Å²) in [5, 5.41) is 9.04. The zero-order valence-corrected chi connectivity index (χ0v) is 8.82. The third-order valence-electron chi connectivity index (χ3n) is 1.97. The van der Waals surface area contributed by atoms with Gasteiger partial charge in [-0.2, -0.15) is 0 Å². The van der Waals surface area contributed by atoms with Crippen molar-refractivity contribution in [2.24, 2.45) is 0 Å². The molecule has 1 saturated heterocycles. The van der Waals surface area contributed by atoms with E-state index in [9.17, 15) is 14.4 Å². The molecule has 1 aromatic rings. The number of amides is 2. The number of thiophene rings is 1. The van der Waals surface area contributed by atoms with Crippen LogP contribution in [0.2, 0.25) is 0 Å². The highest BCUT2D eigenvalue weighted by molar-refractivity contribution is 7.18. The second-order valence-corrected chi connectivity index (χ2v) is 4.12. The summed E-state index contributed by atoms with van der Waals surface area (Å²) in [6, 6.07) is 2.80. The van der Waals surface area contributed by atoms with Crippen molar-refractivity contribution in [3.63, 3.8) is 0 Å². The number of rotatable bonds is 2. The smallest absolute Gasteiger partial charge is 0.345 e. The van der Waals surface area contributed by atoms with Gasteiger partial charge in [-0.1, -0.05) is 0 Å². The zero-order valence-electron chi connectivity index (χ0n) is 8.00. The topological polar surface area (TPSA) is 83.9 Å². The van der Waals surface area contributed by atoms with Crippen LogP contribution in [0.3, 0.4) is 0 Å². The van der Waals surface area contributed by atoms with Crippen LogP contribution >= 0.6 is 11.3 Å². The van der Waals surface area contributed by atoms with Crippen molar-refractivity contribution in [3.8, 4) is 0 Å². The second kappa shape index (κ2) is 4.03. The van der Waals surface area contributed by atoms with E-state index in [-0.39, 0.29) is 18.1 Å². The van der Waals surface area contributed by atoms with Crippen LogP contribution in [0.4, 0.5) is 5.00 Å². The number of aromatic carboxylic acids is 1. The molecule has 0 aliphatic carbocycles. The first-order valence-corrected chi connectivity index (χ1v) is 5.18. The van der Waals surface area contributed by atoms with Crippen molar-refractivity contribution in [3.05, 3.63) is 17.0 Å². The number of ether oxygens (including phenoxy) is 1. The minimum Gasteiger partial charge on any atom is -0.477 e. The molecule has 2 rings (SSSR count). The summed E-state index contributed by atoms with van der Waals surface area (Å²) in [5.74, 6) is -2.03. The second-order valence-electron chi connectivity index (χ2n) is 3.06. The van der Waals surface area contributed by atoms with Crippen molar-refractivity contribution < 1.29 is 24.2 Å². The van der Waals surface area contributed by atoms with E-state index in [1.807, 2.05) is 0 Å². The Kier molecular flexibility index (Phi) is 2.71. The van der Waals surface area contributed by atoms with Gasteiger partial charge in [0.15, 0.2) is 0 Å². The monoisotopic (exact) mass is 241 g/mol. The molecule has 1 aliphatic rings. The maximum absolute atomic E-state index is 11.4. The first-order chi connectivity index (χ1) is 7.59. The number of carboxylic acid groups (broad SMARTS) is 1. The summed E-state index contributed by atoms with van der Waals surface area (Å²) in [6.07, 6.45) is 0. The van der Waals surface area contributed by atoms with Gasteiger partial charge in [-0.25, -0.2) is 9.69 Å². The van der Waals surface area contributed by atoms with Crippen molar-refractivity contribution in [1.29, 1.82) is 0 Å². The number of hydrogen-bond donors (Lipinski definition) is 1. The number of imide groups is 1. The minimum atomic E-state index is -1.08. The molecule has 0 radical (unpaired) electrons. The van der Waals surface area contributed by atoms with Gasteiger partial charge < -0.3 is 9.84 Å².